The van der Waals surface area contributed by atoms with Crippen molar-refractivity contribution in [1.82, 2.24) is 14.8 Å². The Morgan fingerprint density at radius 2 is 1.79 bits per heavy atom. The van der Waals surface area contributed by atoms with E-state index in [9.17, 15) is 4.79 Å². The highest BCUT2D eigenvalue weighted by Crippen LogP contribution is 2.25. The summed E-state index contributed by atoms with van der Waals surface area (Å²) in [4.78, 5) is 24.3. The van der Waals surface area contributed by atoms with Gasteiger partial charge in [0.05, 0.1) is 5.69 Å². The molecule has 0 atom stereocenters. The summed E-state index contributed by atoms with van der Waals surface area (Å²) in [5, 5.41) is 3.93. The van der Waals surface area contributed by atoms with E-state index >= 15 is 0 Å². The van der Waals surface area contributed by atoms with Gasteiger partial charge in [-0.1, -0.05) is 18.5 Å². The minimum Gasteiger partial charge on any atom is -0.345 e. The lowest BCUT2D eigenvalue weighted by atomic mass is 9.99. The Hall–Kier alpha value is -1.63. The highest BCUT2D eigenvalue weighted by Gasteiger charge is 2.24. The molecule has 2 aromatic rings. The van der Waals surface area contributed by atoms with Crippen molar-refractivity contribution in [2.24, 2.45) is 5.92 Å². The molecule has 1 amide bonds. The van der Waals surface area contributed by atoms with Crippen LogP contribution in [0.4, 0.5) is 5.13 Å². The Kier molecular flexibility index (Phi) is 6.19. The lowest BCUT2D eigenvalue weighted by molar-refractivity contribution is 0.0747. The molecule has 0 saturated carbocycles. The summed E-state index contributed by atoms with van der Waals surface area (Å²) < 4.78 is 0. The van der Waals surface area contributed by atoms with Crippen LogP contribution in [-0.2, 0) is 6.54 Å². The standard InChI is InChI=1S/C21H27ClN4OS/c1-16-6-8-24(9-7-16)14-19-15-28-21(23-19)26-12-10-25(11-13-26)20(27)17-2-4-18(22)5-3-17/h2-5,15-16H,6-14H2,1H3. The van der Waals surface area contributed by atoms with Crippen LogP contribution in [0.5, 0.6) is 0 Å². The summed E-state index contributed by atoms with van der Waals surface area (Å²) in [5.41, 5.74) is 1.87. The van der Waals surface area contributed by atoms with Gasteiger partial charge in [0.25, 0.3) is 5.91 Å². The zero-order valence-corrected chi connectivity index (χ0v) is 17.9. The number of likely N-dealkylation sites (tertiary alicyclic amines) is 1. The van der Waals surface area contributed by atoms with Crippen molar-refractivity contribution in [2.75, 3.05) is 44.2 Å². The third-order valence-electron chi connectivity index (χ3n) is 5.73. The summed E-state index contributed by atoms with van der Waals surface area (Å²) in [7, 11) is 0. The molecule has 0 aliphatic carbocycles. The third-order valence-corrected chi connectivity index (χ3v) is 6.93. The maximum Gasteiger partial charge on any atom is 0.253 e. The SMILES string of the molecule is CC1CCN(Cc2csc(N3CCN(C(=O)c4ccc(Cl)cc4)CC3)n2)CC1. The first kappa shape index (κ1) is 19.7. The lowest BCUT2D eigenvalue weighted by Gasteiger charge is -2.34. The van der Waals surface area contributed by atoms with Crippen LogP contribution in [0.25, 0.3) is 0 Å². The van der Waals surface area contributed by atoms with E-state index in [0.717, 1.165) is 43.8 Å². The van der Waals surface area contributed by atoms with E-state index in [1.165, 1.54) is 31.6 Å². The molecule has 2 saturated heterocycles. The normalized spacial score (nSPS) is 19.2. The van der Waals surface area contributed by atoms with Gasteiger partial charge in [-0.05, 0) is 56.1 Å². The zero-order chi connectivity index (χ0) is 19.5. The van der Waals surface area contributed by atoms with Crippen LogP contribution in [0.2, 0.25) is 5.02 Å². The van der Waals surface area contributed by atoms with E-state index in [-0.39, 0.29) is 5.91 Å². The van der Waals surface area contributed by atoms with Crippen LogP contribution >= 0.6 is 22.9 Å². The number of piperazine rings is 1. The first-order chi connectivity index (χ1) is 13.6. The molecule has 4 rings (SSSR count). The van der Waals surface area contributed by atoms with Gasteiger partial charge in [0.2, 0.25) is 0 Å². The van der Waals surface area contributed by atoms with Crippen molar-refractivity contribution in [2.45, 2.75) is 26.3 Å². The highest BCUT2D eigenvalue weighted by molar-refractivity contribution is 7.13. The lowest BCUT2D eigenvalue weighted by Crippen LogP contribution is -2.48. The molecule has 0 spiro atoms. The number of rotatable bonds is 4. The monoisotopic (exact) mass is 418 g/mol. The number of hydrogen-bond acceptors (Lipinski definition) is 5. The molecule has 2 aliphatic heterocycles. The summed E-state index contributed by atoms with van der Waals surface area (Å²) in [5.74, 6) is 0.935. The highest BCUT2D eigenvalue weighted by atomic mass is 35.5. The van der Waals surface area contributed by atoms with E-state index in [2.05, 4.69) is 22.1 Å². The number of piperidine rings is 1. The number of anilines is 1. The second-order valence-electron chi connectivity index (χ2n) is 7.87. The predicted octanol–water partition coefficient (Wildman–Crippen LogP) is 3.99. The maximum absolute atomic E-state index is 12.6. The van der Waals surface area contributed by atoms with E-state index < -0.39 is 0 Å². The third kappa shape index (κ3) is 4.67. The van der Waals surface area contributed by atoms with Gasteiger partial charge in [-0.25, -0.2) is 4.98 Å². The molecule has 2 fully saturated rings. The molecule has 7 heteroatoms. The molecule has 5 nitrogen and oxygen atoms in total. The summed E-state index contributed by atoms with van der Waals surface area (Å²) >= 11 is 7.64. The molecule has 0 unspecified atom stereocenters. The number of carbonyl (C=O) groups excluding carboxylic acids is 1. The summed E-state index contributed by atoms with van der Waals surface area (Å²) in [6.07, 6.45) is 2.58. The Balaban J connectivity index is 1.30. The predicted molar refractivity (Wildman–Crippen MR) is 115 cm³/mol. The van der Waals surface area contributed by atoms with Gasteiger partial charge in [0.15, 0.2) is 5.13 Å². The van der Waals surface area contributed by atoms with Crippen molar-refractivity contribution >= 4 is 34.0 Å². The topological polar surface area (TPSA) is 39.7 Å². The Morgan fingerprint density at radius 1 is 1.11 bits per heavy atom. The first-order valence-electron chi connectivity index (χ1n) is 10.0. The maximum atomic E-state index is 12.6. The summed E-state index contributed by atoms with van der Waals surface area (Å²) in [6, 6.07) is 7.13. The van der Waals surface area contributed by atoms with Gasteiger partial charge >= 0.3 is 0 Å². The van der Waals surface area contributed by atoms with Crippen LogP contribution < -0.4 is 4.90 Å². The van der Waals surface area contributed by atoms with Crippen molar-refractivity contribution in [3.8, 4) is 0 Å². The van der Waals surface area contributed by atoms with Crippen molar-refractivity contribution in [3.05, 3.63) is 45.9 Å². The number of nitrogens with zero attached hydrogens (tertiary/aromatic N) is 4. The van der Waals surface area contributed by atoms with Crippen LogP contribution in [0.3, 0.4) is 0 Å². The Bertz CT molecular complexity index is 793. The van der Waals surface area contributed by atoms with E-state index in [0.29, 0.717) is 10.6 Å². The fourth-order valence-corrected chi connectivity index (χ4v) is 4.84. The van der Waals surface area contributed by atoms with Gasteiger partial charge in [-0.2, -0.15) is 0 Å². The number of carbonyl (C=O) groups is 1. The second-order valence-corrected chi connectivity index (χ2v) is 9.14. The Labute approximate surface area is 175 Å². The molecule has 1 aromatic carbocycles. The van der Waals surface area contributed by atoms with Gasteiger partial charge in [0.1, 0.15) is 0 Å². The first-order valence-corrected chi connectivity index (χ1v) is 11.3. The van der Waals surface area contributed by atoms with Crippen molar-refractivity contribution in [3.63, 3.8) is 0 Å². The van der Waals surface area contributed by atoms with Crippen LogP contribution in [0.15, 0.2) is 29.6 Å². The number of aromatic nitrogens is 1. The second kappa shape index (κ2) is 8.80. The van der Waals surface area contributed by atoms with Gasteiger partial charge in [-0.3, -0.25) is 9.69 Å². The molecule has 2 aliphatic rings. The quantitative estimate of drug-likeness (QED) is 0.752. The van der Waals surface area contributed by atoms with Crippen LogP contribution in [-0.4, -0.2) is 60.0 Å². The molecule has 0 N–H and O–H groups in total. The van der Waals surface area contributed by atoms with E-state index in [4.69, 9.17) is 16.6 Å². The Morgan fingerprint density at radius 3 is 2.46 bits per heavy atom. The van der Waals surface area contributed by atoms with E-state index in [1.54, 1.807) is 35.6 Å². The van der Waals surface area contributed by atoms with Gasteiger partial charge in [-0.15, -0.1) is 11.3 Å². The van der Waals surface area contributed by atoms with Gasteiger partial charge < -0.3 is 9.80 Å². The molecule has 1 aromatic heterocycles. The molecule has 3 heterocycles. The number of halogens is 1. The average Bonchev–Trinajstić information content (AvgIpc) is 3.18. The molecule has 0 radical (unpaired) electrons. The van der Waals surface area contributed by atoms with Crippen molar-refractivity contribution in [1.29, 1.82) is 0 Å². The fraction of sp³-hybridized carbons (Fsp3) is 0.524. The van der Waals surface area contributed by atoms with Crippen LogP contribution in [0, 0.1) is 5.92 Å². The number of benzene rings is 1. The number of hydrogen-bond donors (Lipinski definition) is 0. The molecule has 150 valence electrons. The summed E-state index contributed by atoms with van der Waals surface area (Å²) in [6.45, 7) is 8.76. The number of thiazole rings is 1. The number of amides is 1. The largest absolute Gasteiger partial charge is 0.345 e. The smallest absolute Gasteiger partial charge is 0.253 e. The minimum absolute atomic E-state index is 0.0791. The van der Waals surface area contributed by atoms with E-state index in [1.807, 2.05) is 4.90 Å². The van der Waals surface area contributed by atoms with Gasteiger partial charge in [0, 0.05) is 48.7 Å². The zero-order valence-electron chi connectivity index (χ0n) is 16.3. The molecular formula is C21H27ClN4OS. The van der Waals surface area contributed by atoms with Crippen LogP contribution in [0.1, 0.15) is 35.8 Å². The molecule has 28 heavy (non-hydrogen) atoms. The fourth-order valence-electron chi connectivity index (χ4n) is 3.84. The molecule has 0 bridgehead atoms. The molecular weight excluding hydrogens is 392 g/mol. The minimum atomic E-state index is 0.0791. The van der Waals surface area contributed by atoms with Crippen molar-refractivity contribution < 1.29 is 4.79 Å². The average molecular weight is 419 g/mol.